The third-order valence-electron chi connectivity index (χ3n) is 2.06. The molecule has 0 amide bonds. The fourth-order valence-corrected chi connectivity index (χ4v) is 1.20. The molecular formula is C10H11F2NO3. The van der Waals surface area contributed by atoms with Crippen LogP contribution in [0.15, 0.2) is 12.1 Å². The van der Waals surface area contributed by atoms with E-state index in [1.807, 2.05) is 0 Å². The summed E-state index contributed by atoms with van der Waals surface area (Å²) in [6.45, 7) is -0.161. The zero-order valence-electron chi connectivity index (χ0n) is 8.54. The molecule has 4 nitrogen and oxygen atoms in total. The van der Waals surface area contributed by atoms with Gasteiger partial charge in [0, 0.05) is 6.54 Å². The van der Waals surface area contributed by atoms with E-state index in [4.69, 9.17) is 5.73 Å². The van der Waals surface area contributed by atoms with Crippen molar-refractivity contribution in [1.29, 1.82) is 0 Å². The maximum atomic E-state index is 13.2. The first-order chi connectivity index (χ1) is 7.51. The Morgan fingerprint density at radius 3 is 2.69 bits per heavy atom. The quantitative estimate of drug-likeness (QED) is 0.753. The van der Waals surface area contributed by atoms with Crippen molar-refractivity contribution in [2.24, 2.45) is 5.73 Å². The predicted molar refractivity (Wildman–Crippen MR) is 51.7 cm³/mol. The Kier molecular flexibility index (Phi) is 3.92. The van der Waals surface area contributed by atoms with Crippen LogP contribution in [0.1, 0.15) is 22.0 Å². The second-order valence-electron chi connectivity index (χ2n) is 3.11. The molecule has 0 saturated heterocycles. The van der Waals surface area contributed by atoms with Gasteiger partial charge < -0.3 is 15.6 Å². The van der Waals surface area contributed by atoms with Gasteiger partial charge in [-0.15, -0.1) is 0 Å². The number of hydrogen-bond acceptors (Lipinski definition) is 4. The molecule has 1 aromatic carbocycles. The summed E-state index contributed by atoms with van der Waals surface area (Å²) in [6.07, 6.45) is -1.15. The molecule has 0 aliphatic heterocycles. The Hall–Kier alpha value is -1.53. The number of carbonyl (C=O) groups excluding carboxylic acids is 1. The molecule has 1 unspecified atom stereocenters. The minimum absolute atomic E-state index is 0.0294. The fraction of sp³-hybridized carbons (Fsp3) is 0.300. The summed E-state index contributed by atoms with van der Waals surface area (Å²) in [5.74, 6) is -3.55. The van der Waals surface area contributed by atoms with Crippen LogP contribution < -0.4 is 5.73 Å². The first kappa shape index (κ1) is 12.5. The molecule has 0 aliphatic rings. The van der Waals surface area contributed by atoms with E-state index in [0.29, 0.717) is 0 Å². The van der Waals surface area contributed by atoms with Crippen LogP contribution in [-0.2, 0) is 4.74 Å². The number of halogens is 2. The van der Waals surface area contributed by atoms with E-state index < -0.39 is 29.3 Å². The molecule has 0 aromatic heterocycles. The Balaban J connectivity index is 3.27. The van der Waals surface area contributed by atoms with Crippen molar-refractivity contribution >= 4 is 5.97 Å². The van der Waals surface area contributed by atoms with E-state index in [-0.39, 0.29) is 12.1 Å². The maximum absolute atomic E-state index is 13.2. The predicted octanol–water partition coefficient (Wildman–Crippen LogP) is 0.744. The second-order valence-corrected chi connectivity index (χ2v) is 3.11. The largest absolute Gasteiger partial charge is 0.465 e. The van der Waals surface area contributed by atoms with Gasteiger partial charge in [-0.1, -0.05) is 0 Å². The lowest BCUT2D eigenvalue weighted by molar-refractivity contribution is 0.0593. The van der Waals surface area contributed by atoms with Crippen molar-refractivity contribution in [3.05, 3.63) is 34.9 Å². The highest BCUT2D eigenvalue weighted by Gasteiger charge is 2.19. The summed E-state index contributed by atoms with van der Waals surface area (Å²) in [4.78, 5) is 11.1. The summed E-state index contributed by atoms with van der Waals surface area (Å²) in [5, 5.41) is 9.36. The molecule has 0 fully saturated rings. The van der Waals surface area contributed by atoms with Gasteiger partial charge in [-0.3, -0.25) is 0 Å². The summed E-state index contributed by atoms with van der Waals surface area (Å²) >= 11 is 0. The number of aliphatic hydroxyl groups is 1. The number of nitrogens with two attached hydrogens (primary N) is 1. The standard InChI is InChI=1S/C10H11F2NO3/c1-16-10(15)6-2-5(8(14)4-13)3-7(11)9(6)12/h2-3,8,14H,4,13H2,1H3. The number of hydrogen-bond donors (Lipinski definition) is 2. The van der Waals surface area contributed by atoms with Gasteiger partial charge in [0.05, 0.1) is 18.8 Å². The zero-order valence-corrected chi connectivity index (χ0v) is 8.54. The molecule has 0 spiro atoms. The van der Waals surface area contributed by atoms with E-state index in [1.165, 1.54) is 0 Å². The average Bonchev–Trinajstić information content (AvgIpc) is 2.30. The molecule has 88 valence electrons. The molecule has 1 atom stereocenters. The molecular weight excluding hydrogens is 220 g/mol. The fourth-order valence-electron chi connectivity index (χ4n) is 1.20. The van der Waals surface area contributed by atoms with Gasteiger partial charge in [-0.2, -0.15) is 0 Å². The van der Waals surface area contributed by atoms with Crippen molar-refractivity contribution in [1.82, 2.24) is 0 Å². The third kappa shape index (κ3) is 2.34. The summed E-state index contributed by atoms with van der Waals surface area (Å²) < 4.78 is 30.6. The van der Waals surface area contributed by atoms with Crippen molar-refractivity contribution in [2.75, 3.05) is 13.7 Å². The second kappa shape index (κ2) is 5.00. The van der Waals surface area contributed by atoms with Gasteiger partial charge in [-0.05, 0) is 17.7 Å². The van der Waals surface area contributed by atoms with E-state index >= 15 is 0 Å². The molecule has 0 radical (unpaired) electrons. The summed E-state index contributed by atoms with van der Waals surface area (Å²) in [7, 11) is 1.05. The van der Waals surface area contributed by atoms with Gasteiger partial charge in [0.2, 0.25) is 0 Å². The van der Waals surface area contributed by atoms with Gasteiger partial charge in [-0.25, -0.2) is 13.6 Å². The van der Waals surface area contributed by atoms with Gasteiger partial charge >= 0.3 is 5.97 Å². The van der Waals surface area contributed by atoms with Crippen molar-refractivity contribution in [2.45, 2.75) is 6.10 Å². The highest BCUT2D eigenvalue weighted by atomic mass is 19.2. The van der Waals surface area contributed by atoms with Crippen molar-refractivity contribution in [3.8, 4) is 0 Å². The minimum atomic E-state index is -1.31. The van der Waals surface area contributed by atoms with Gasteiger partial charge in [0.25, 0.3) is 0 Å². The highest BCUT2D eigenvalue weighted by Crippen LogP contribution is 2.20. The maximum Gasteiger partial charge on any atom is 0.340 e. The van der Waals surface area contributed by atoms with Gasteiger partial charge in [0.1, 0.15) is 0 Å². The molecule has 16 heavy (non-hydrogen) atoms. The van der Waals surface area contributed by atoms with Gasteiger partial charge in [0.15, 0.2) is 11.6 Å². The number of aliphatic hydroxyl groups excluding tert-OH is 1. The number of benzene rings is 1. The normalized spacial score (nSPS) is 12.3. The number of methoxy groups -OCH3 is 1. The molecule has 0 bridgehead atoms. The Bertz CT molecular complexity index is 409. The average molecular weight is 231 g/mol. The number of esters is 1. The van der Waals surface area contributed by atoms with Crippen molar-refractivity contribution < 1.29 is 23.4 Å². The smallest absolute Gasteiger partial charge is 0.340 e. The SMILES string of the molecule is COC(=O)c1cc(C(O)CN)cc(F)c1F. The molecule has 1 aromatic rings. The van der Waals surface area contributed by atoms with Crippen LogP contribution in [0, 0.1) is 11.6 Å². The summed E-state index contributed by atoms with van der Waals surface area (Å²) in [5.41, 5.74) is 4.63. The van der Waals surface area contributed by atoms with Crippen LogP contribution in [0.3, 0.4) is 0 Å². The Morgan fingerprint density at radius 2 is 2.19 bits per heavy atom. The van der Waals surface area contributed by atoms with Crippen LogP contribution in [0.4, 0.5) is 8.78 Å². The molecule has 0 saturated carbocycles. The van der Waals surface area contributed by atoms with E-state index in [2.05, 4.69) is 4.74 Å². The topological polar surface area (TPSA) is 72.5 Å². The third-order valence-corrected chi connectivity index (χ3v) is 2.06. The van der Waals surface area contributed by atoms with E-state index in [0.717, 1.165) is 19.2 Å². The number of rotatable bonds is 3. The van der Waals surface area contributed by atoms with Crippen LogP contribution in [0.2, 0.25) is 0 Å². The first-order valence-electron chi connectivity index (χ1n) is 4.46. The lowest BCUT2D eigenvalue weighted by atomic mass is 10.0. The van der Waals surface area contributed by atoms with E-state index in [9.17, 15) is 18.7 Å². The van der Waals surface area contributed by atoms with Crippen molar-refractivity contribution in [3.63, 3.8) is 0 Å². The number of carbonyl (C=O) groups is 1. The molecule has 6 heteroatoms. The zero-order chi connectivity index (χ0) is 12.3. The highest BCUT2D eigenvalue weighted by molar-refractivity contribution is 5.89. The molecule has 0 aliphatic carbocycles. The minimum Gasteiger partial charge on any atom is -0.465 e. The number of ether oxygens (including phenoxy) is 1. The molecule has 1 rings (SSSR count). The molecule has 0 heterocycles. The molecule has 3 N–H and O–H groups in total. The van der Waals surface area contributed by atoms with Crippen LogP contribution in [-0.4, -0.2) is 24.7 Å². The lowest BCUT2D eigenvalue weighted by Crippen LogP contribution is -2.14. The van der Waals surface area contributed by atoms with Crippen LogP contribution in [0.25, 0.3) is 0 Å². The van der Waals surface area contributed by atoms with Crippen LogP contribution >= 0.6 is 0 Å². The first-order valence-corrected chi connectivity index (χ1v) is 4.46. The lowest BCUT2D eigenvalue weighted by Gasteiger charge is -2.10. The Morgan fingerprint density at radius 1 is 1.56 bits per heavy atom. The monoisotopic (exact) mass is 231 g/mol. The summed E-state index contributed by atoms with van der Waals surface area (Å²) in [6, 6.07) is 1.81. The Labute approximate surface area is 90.6 Å². The van der Waals surface area contributed by atoms with Crippen LogP contribution in [0.5, 0.6) is 0 Å². The van der Waals surface area contributed by atoms with E-state index in [1.54, 1.807) is 0 Å².